The van der Waals surface area contributed by atoms with E-state index < -0.39 is 11.7 Å². The molecule has 0 saturated carbocycles. The third-order valence-electron chi connectivity index (χ3n) is 5.61. The summed E-state index contributed by atoms with van der Waals surface area (Å²) in [7, 11) is 1.85. The van der Waals surface area contributed by atoms with Gasteiger partial charge in [-0.05, 0) is 18.2 Å². The van der Waals surface area contributed by atoms with Gasteiger partial charge in [0.05, 0.1) is 35.4 Å². The number of pyridine rings is 1. The lowest BCUT2D eigenvalue weighted by Crippen LogP contribution is -2.47. The van der Waals surface area contributed by atoms with E-state index in [2.05, 4.69) is 24.9 Å². The summed E-state index contributed by atoms with van der Waals surface area (Å²) in [6, 6.07) is 5.59. The van der Waals surface area contributed by atoms with Gasteiger partial charge in [-0.3, -0.25) is 14.6 Å². The molecule has 4 aromatic rings. The first-order chi connectivity index (χ1) is 15.4. The molecule has 3 aromatic heterocycles. The molecule has 0 N–H and O–H groups in total. The molecule has 0 aliphatic carbocycles. The van der Waals surface area contributed by atoms with Gasteiger partial charge in [0.25, 0.3) is 0 Å². The zero-order chi connectivity index (χ0) is 22.3. The maximum Gasteiger partial charge on any atom is 0.416 e. The van der Waals surface area contributed by atoms with E-state index in [-0.39, 0.29) is 0 Å². The van der Waals surface area contributed by atoms with E-state index in [1.807, 2.05) is 19.3 Å². The minimum atomic E-state index is -4.39. The number of hydrogen-bond acceptors (Lipinski definition) is 6. The molecule has 10 heteroatoms. The molecule has 5 rings (SSSR count). The van der Waals surface area contributed by atoms with E-state index in [1.54, 1.807) is 29.5 Å². The lowest BCUT2D eigenvalue weighted by Gasteiger charge is -2.37. The van der Waals surface area contributed by atoms with E-state index in [0.717, 1.165) is 48.0 Å². The number of anilines is 2. The molecular formula is C22H20F3N7. The standard InChI is InChI=1S/C22H20F3N7/c1-30-14-15(11-28-30)19-12-26-13-21(29-19)32-8-6-31(7-9-32)20-4-5-27-18-10-16(22(23,24)25)2-3-17(18)20/h2-5,10-14H,6-9H2,1H3. The summed E-state index contributed by atoms with van der Waals surface area (Å²) in [6.45, 7) is 2.85. The first-order valence-corrected chi connectivity index (χ1v) is 10.2. The van der Waals surface area contributed by atoms with Gasteiger partial charge in [0.15, 0.2) is 0 Å². The quantitative estimate of drug-likeness (QED) is 0.484. The van der Waals surface area contributed by atoms with E-state index in [1.165, 1.54) is 6.07 Å². The van der Waals surface area contributed by atoms with Crippen molar-refractivity contribution in [1.82, 2.24) is 24.7 Å². The molecule has 7 nitrogen and oxygen atoms in total. The average molecular weight is 439 g/mol. The van der Waals surface area contributed by atoms with Crippen LogP contribution < -0.4 is 9.80 Å². The summed E-state index contributed by atoms with van der Waals surface area (Å²) >= 11 is 0. The number of nitrogens with zero attached hydrogens (tertiary/aromatic N) is 7. The van der Waals surface area contributed by atoms with E-state index in [4.69, 9.17) is 4.98 Å². The first-order valence-electron chi connectivity index (χ1n) is 10.2. The van der Waals surface area contributed by atoms with E-state index in [0.29, 0.717) is 24.0 Å². The van der Waals surface area contributed by atoms with Gasteiger partial charge in [-0.2, -0.15) is 18.3 Å². The average Bonchev–Trinajstić information content (AvgIpc) is 3.24. The Hall–Kier alpha value is -3.69. The normalized spacial score (nSPS) is 14.9. The maximum atomic E-state index is 13.1. The highest BCUT2D eigenvalue weighted by molar-refractivity contribution is 5.92. The molecule has 4 heterocycles. The lowest BCUT2D eigenvalue weighted by atomic mass is 10.1. The van der Waals surface area contributed by atoms with Crippen LogP contribution in [0.5, 0.6) is 0 Å². The predicted octanol–water partition coefficient (Wildman–Crippen LogP) is 3.77. The Labute approximate surface area is 182 Å². The Morgan fingerprint density at radius 1 is 0.938 bits per heavy atom. The zero-order valence-corrected chi connectivity index (χ0v) is 17.3. The molecule has 0 radical (unpaired) electrons. The third kappa shape index (κ3) is 3.83. The van der Waals surface area contributed by atoms with Gasteiger partial charge in [-0.1, -0.05) is 6.07 Å². The molecule has 1 fully saturated rings. The summed E-state index contributed by atoms with van der Waals surface area (Å²) in [5.41, 5.74) is 2.21. The number of benzene rings is 1. The molecular weight excluding hydrogens is 419 g/mol. The molecule has 0 bridgehead atoms. The van der Waals surface area contributed by atoms with Crippen molar-refractivity contribution in [2.45, 2.75) is 6.18 Å². The first kappa shape index (κ1) is 20.2. The summed E-state index contributed by atoms with van der Waals surface area (Å²) in [4.78, 5) is 17.6. The van der Waals surface area contributed by atoms with Crippen LogP contribution in [0, 0.1) is 0 Å². The Kier molecular flexibility index (Phi) is 4.91. The van der Waals surface area contributed by atoms with Crippen LogP contribution in [0.4, 0.5) is 24.7 Å². The van der Waals surface area contributed by atoms with Crippen molar-refractivity contribution in [3.05, 3.63) is 60.8 Å². The van der Waals surface area contributed by atoms with Crippen LogP contribution in [0.15, 0.2) is 55.2 Å². The molecule has 1 saturated heterocycles. The van der Waals surface area contributed by atoms with Crippen LogP contribution in [0.3, 0.4) is 0 Å². The number of aryl methyl sites for hydroxylation is 1. The van der Waals surface area contributed by atoms with Crippen molar-refractivity contribution in [2.24, 2.45) is 7.05 Å². The fraction of sp³-hybridized carbons (Fsp3) is 0.273. The molecule has 1 aliphatic heterocycles. The van der Waals surface area contributed by atoms with Crippen molar-refractivity contribution < 1.29 is 13.2 Å². The molecule has 0 unspecified atom stereocenters. The highest BCUT2D eigenvalue weighted by Crippen LogP contribution is 2.34. The van der Waals surface area contributed by atoms with E-state index in [9.17, 15) is 13.2 Å². The molecule has 1 aromatic carbocycles. The second-order valence-electron chi connectivity index (χ2n) is 7.70. The molecule has 0 atom stereocenters. The molecule has 0 spiro atoms. The topological polar surface area (TPSA) is 63.0 Å². The molecule has 32 heavy (non-hydrogen) atoms. The number of rotatable bonds is 3. The fourth-order valence-corrected chi connectivity index (χ4v) is 3.96. The lowest BCUT2D eigenvalue weighted by molar-refractivity contribution is -0.137. The summed E-state index contributed by atoms with van der Waals surface area (Å²) < 4.78 is 40.9. The van der Waals surface area contributed by atoms with Crippen molar-refractivity contribution in [2.75, 3.05) is 36.0 Å². The van der Waals surface area contributed by atoms with Crippen LogP contribution >= 0.6 is 0 Å². The minimum Gasteiger partial charge on any atom is -0.367 e. The van der Waals surface area contributed by atoms with Gasteiger partial charge in [-0.15, -0.1) is 0 Å². The van der Waals surface area contributed by atoms with Crippen molar-refractivity contribution in [3.8, 4) is 11.3 Å². The van der Waals surface area contributed by atoms with Crippen LogP contribution in [-0.4, -0.2) is 50.9 Å². The van der Waals surface area contributed by atoms with Crippen LogP contribution in [0.2, 0.25) is 0 Å². The number of piperazine rings is 1. The van der Waals surface area contributed by atoms with Gasteiger partial charge in [-0.25, -0.2) is 4.98 Å². The number of aromatic nitrogens is 5. The van der Waals surface area contributed by atoms with Crippen molar-refractivity contribution >= 4 is 22.4 Å². The predicted molar refractivity (Wildman–Crippen MR) is 115 cm³/mol. The van der Waals surface area contributed by atoms with Gasteiger partial charge >= 0.3 is 6.18 Å². The molecule has 1 aliphatic rings. The number of halogens is 3. The van der Waals surface area contributed by atoms with Gasteiger partial charge < -0.3 is 9.80 Å². The Morgan fingerprint density at radius 3 is 2.44 bits per heavy atom. The minimum absolute atomic E-state index is 0.342. The molecule has 0 amide bonds. The summed E-state index contributed by atoms with van der Waals surface area (Å²) in [5.74, 6) is 0.792. The van der Waals surface area contributed by atoms with Crippen LogP contribution in [0.25, 0.3) is 22.2 Å². The summed E-state index contributed by atoms with van der Waals surface area (Å²) in [6.07, 6.45) is 4.29. The Balaban J connectivity index is 1.35. The largest absolute Gasteiger partial charge is 0.416 e. The zero-order valence-electron chi connectivity index (χ0n) is 17.3. The monoisotopic (exact) mass is 439 g/mol. The number of alkyl halides is 3. The van der Waals surface area contributed by atoms with Gasteiger partial charge in [0.1, 0.15) is 5.82 Å². The number of hydrogen-bond donors (Lipinski definition) is 0. The van der Waals surface area contributed by atoms with Gasteiger partial charge in [0.2, 0.25) is 0 Å². The summed E-state index contributed by atoms with van der Waals surface area (Å²) in [5, 5.41) is 4.90. The maximum absolute atomic E-state index is 13.1. The highest BCUT2D eigenvalue weighted by atomic mass is 19.4. The third-order valence-corrected chi connectivity index (χ3v) is 5.61. The van der Waals surface area contributed by atoms with E-state index >= 15 is 0 Å². The van der Waals surface area contributed by atoms with Crippen LogP contribution in [-0.2, 0) is 13.2 Å². The Bertz CT molecular complexity index is 1260. The smallest absolute Gasteiger partial charge is 0.367 e. The SMILES string of the molecule is Cn1cc(-c2cncc(N3CCN(c4ccnc5cc(C(F)(F)F)ccc45)CC3)n2)cn1. The number of fused-ring (bicyclic) bond motifs is 1. The highest BCUT2D eigenvalue weighted by Gasteiger charge is 2.31. The fourth-order valence-electron chi connectivity index (χ4n) is 3.96. The second-order valence-corrected chi connectivity index (χ2v) is 7.70. The van der Waals surface area contributed by atoms with Crippen molar-refractivity contribution in [3.63, 3.8) is 0 Å². The van der Waals surface area contributed by atoms with Crippen molar-refractivity contribution in [1.29, 1.82) is 0 Å². The van der Waals surface area contributed by atoms with Crippen LogP contribution in [0.1, 0.15) is 5.56 Å². The second kappa shape index (κ2) is 7.77. The van der Waals surface area contributed by atoms with Gasteiger partial charge in [0, 0.05) is 62.3 Å². The molecule has 164 valence electrons. The Morgan fingerprint density at radius 2 is 1.72 bits per heavy atom.